The van der Waals surface area contributed by atoms with Crippen LogP contribution in [0.4, 0.5) is 5.69 Å². The molecule has 1 aliphatic carbocycles. The lowest BCUT2D eigenvalue weighted by atomic mass is 10.1. The summed E-state index contributed by atoms with van der Waals surface area (Å²) < 4.78 is 25.5. The molecule has 3 aromatic rings. The molecule has 8 nitrogen and oxygen atoms in total. The Balaban J connectivity index is 1.26. The topological polar surface area (TPSA) is 70.2 Å². The Kier molecular flexibility index (Phi) is 9.55. The molecule has 0 radical (unpaired) electrons. The van der Waals surface area contributed by atoms with Crippen LogP contribution in [0.25, 0.3) is 11.1 Å². The third-order valence-electron chi connectivity index (χ3n) is 7.84. The number of quaternary nitrogens is 2. The highest BCUT2D eigenvalue weighted by Gasteiger charge is 2.29. The van der Waals surface area contributed by atoms with Gasteiger partial charge in [0.25, 0.3) is 0 Å². The number of fused-ring (bicyclic) bond motifs is 3. The molecule has 0 saturated carbocycles. The second kappa shape index (κ2) is 13.7. The lowest BCUT2D eigenvalue weighted by Crippen LogP contribution is -3.14. The zero-order valence-electron chi connectivity index (χ0n) is 23.0. The summed E-state index contributed by atoms with van der Waals surface area (Å²) in [6.45, 7) is 10.6. The van der Waals surface area contributed by atoms with E-state index in [1.54, 1.807) is 0 Å². The van der Waals surface area contributed by atoms with E-state index in [-0.39, 0.29) is 0 Å². The van der Waals surface area contributed by atoms with Crippen molar-refractivity contribution in [3.05, 3.63) is 74.7 Å². The minimum Gasteiger partial charge on any atom is -0.487 e. The average Bonchev–Trinajstić information content (AvgIpc) is 3.28. The van der Waals surface area contributed by atoms with Crippen molar-refractivity contribution in [3.63, 3.8) is 0 Å². The van der Waals surface area contributed by atoms with Crippen LogP contribution in [0.1, 0.15) is 11.1 Å². The number of morpholine rings is 2. The molecule has 0 bridgehead atoms. The van der Waals surface area contributed by atoms with Gasteiger partial charge in [-0.25, -0.2) is 0 Å². The largest absolute Gasteiger partial charge is 0.487 e. The molecule has 0 spiro atoms. The van der Waals surface area contributed by atoms with Gasteiger partial charge in [-0.3, -0.25) is 5.43 Å². The Bertz CT molecular complexity index is 1290. The van der Waals surface area contributed by atoms with Gasteiger partial charge in [-0.15, -0.1) is 0 Å². The van der Waals surface area contributed by atoms with Crippen molar-refractivity contribution < 1.29 is 28.7 Å². The first-order valence-electron chi connectivity index (χ1n) is 14.3. The highest BCUT2D eigenvalue weighted by atomic mass is 79.9. The van der Waals surface area contributed by atoms with E-state index in [9.17, 15) is 0 Å². The second-order valence-electron chi connectivity index (χ2n) is 10.5. The molecule has 3 N–H and O–H groups in total. The first kappa shape index (κ1) is 28.6. The normalized spacial score (nSPS) is 17.2. The van der Waals surface area contributed by atoms with Crippen molar-refractivity contribution in [2.45, 2.75) is 0 Å². The monoisotopic (exact) mass is 686 g/mol. The highest BCUT2D eigenvalue weighted by Crippen LogP contribution is 2.45. The summed E-state index contributed by atoms with van der Waals surface area (Å²) in [5, 5.41) is 4.91. The predicted molar refractivity (Wildman–Crippen MR) is 167 cm³/mol. The van der Waals surface area contributed by atoms with Gasteiger partial charge in [-0.2, -0.15) is 5.10 Å². The van der Waals surface area contributed by atoms with E-state index in [4.69, 9.17) is 24.0 Å². The number of anilines is 1. The van der Waals surface area contributed by atoms with Gasteiger partial charge in [0.1, 0.15) is 64.0 Å². The number of hydrogen-bond donors (Lipinski definition) is 3. The molecule has 0 aromatic heterocycles. The standard InChI is InChI=1S/C31H34Br2N4O4/c32-27-18-23-24-19-28(33)30(41-17-11-37-8-14-39-15-9-37)21-26(24)31(35-34-22-4-2-1-3-5-22)25(23)20-29(27)40-16-10-36-6-12-38-13-7-36/h1-5,18-21,34H,6-17H2/p+2. The fourth-order valence-corrected chi connectivity index (χ4v) is 6.41. The van der Waals surface area contributed by atoms with Gasteiger partial charge in [0.15, 0.2) is 0 Å². The molecule has 6 rings (SSSR count). The van der Waals surface area contributed by atoms with Crippen LogP contribution in [0.2, 0.25) is 0 Å². The number of ether oxygens (including phenoxy) is 4. The van der Waals surface area contributed by atoms with Gasteiger partial charge in [0.05, 0.1) is 46.8 Å². The Morgan fingerprint density at radius 3 is 1.66 bits per heavy atom. The first-order chi connectivity index (χ1) is 20.2. The summed E-state index contributed by atoms with van der Waals surface area (Å²) >= 11 is 7.55. The smallest absolute Gasteiger partial charge is 0.137 e. The molecular formula is C31H36Br2N4O4+2. The van der Waals surface area contributed by atoms with Gasteiger partial charge in [-0.05, 0) is 79.4 Å². The van der Waals surface area contributed by atoms with Crippen molar-refractivity contribution >= 4 is 43.3 Å². The zero-order valence-corrected chi connectivity index (χ0v) is 26.2. The van der Waals surface area contributed by atoms with Crippen LogP contribution in [-0.2, 0) is 9.47 Å². The molecule has 10 heteroatoms. The van der Waals surface area contributed by atoms with Crippen molar-refractivity contribution in [2.75, 3.05) is 84.3 Å². The first-order valence-corrected chi connectivity index (χ1v) is 15.9. The van der Waals surface area contributed by atoms with Gasteiger partial charge in [-0.1, -0.05) is 18.2 Å². The van der Waals surface area contributed by atoms with Crippen LogP contribution in [0.15, 0.2) is 68.6 Å². The van der Waals surface area contributed by atoms with Crippen LogP contribution in [-0.4, -0.2) is 84.6 Å². The molecule has 216 valence electrons. The fraction of sp³-hybridized carbons (Fsp3) is 0.387. The Morgan fingerprint density at radius 1 is 0.683 bits per heavy atom. The molecule has 2 saturated heterocycles. The number of hydrogen-bond acceptors (Lipinski definition) is 6. The maximum atomic E-state index is 6.30. The van der Waals surface area contributed by atoms with E-state index in [1.807, 2.05) is 30.3 Å². The summed E-state index contributed by atoms with van der Waals surface area (Å²) in [6.07, 6.45) is 0. The third-order valence-corrected chi connectivity index (χ3v) is 9.08. The summed E-state index contributed by atoms with van der Waals surface area (Å²) in [6, 6.07) is 18.5. The van der Waals surface area contributed by atoms with Crippen molar-refractivity contribution in [2.24, 2.45) is 5.10 Å². The molecule has 41 heavy (non-hydrogen) atoms. The number of halogens is 2. The minimum absolute atomic E-state index is 0.642. The van der Waals surface area contributed by atoms with E-state index >= 15 is 0 Å². The van der Waals surface area contributed by atoms with E-state index in [2.05, 4.69) is 61.6 Å². The van der Waals surface area contributed by atoms with Gasteiger partial charge < -0.3 is 28.7 Å². The van der Waals surface area contributed by atoms with E-state index < -0.39 is 0 Å². The number of para-hydroxylation sites is 1. The second-order valence-corrected chi connectivity index (χ2v) is 12.2. The summed E-state index contributed by atoms with van der Waals surface area (Å²) in [5.74, 6) is 1.64. The third kappa shape index (κ3) is 6.96. The number of rotatable bonds is 10. The number of benzene rings is 3. The zero-order chi connectivity index (χ0) is 28.0. The van der Waals surface area contributed by atoms with E-state index in [0.29, 0.717) is 13.2 Å². The molecule has 0 atom stereocenters. The molecule has 0 amide bonds. The van der Waals surface area contributed by atoms with E-state index in [0.717, 1.165) is 120 Å². The minimum atomic E-state index is 0.642. The maximum Gasteiger partial charge on any atom is 0.137 e. The maximum absolute atomic E-state index is 6.30. The molecule has 3 aromatic carbocycles. The predicted octanol–water partition coefficient (Wildman–Crippen LogP) is 2.64. The number of nitrogens with one attached hydrogen (secondary N) is 3. The van der Waals surface area contributed by atoms with Gasteiger partial charge in [0, 0.05) is 11.1 Å². The molecule has 3 aliphatic rings. The van der Waals surface area contributed by atoms with Crippen LogP contribution in [0, 0.1) is 0 Å². The highest BCUT2D eigenvalue weighted by molar-refractivity contribution is 9.11. The lowest BCUT2D eigenvalue weighted by Gasteiger charge is -2.23. The van der Waals surface area contributed by atoms with Gasteiger partial charge >= 0.3 is 0 Å². The van der Waals surface area contributed by atoms with Gasteiger partial charge in [0.2, 0.25) is 0 Å². The molecule has 2 aliphatic heterocycles. The fourth-order valence-electron chi connectivity index (χ4n) is 5.49. The average molecular weight is 688 g/mol. The number of hydrazone groups is 1. The quantitative estimate of drug-likeness (QED) is 0.224. The molecule has 0 unspecified atom stereocenters. The molecular weight excluding hydrogens is 652 g/mol. The summed E-state index contributed by atoms with van der Waals surface area (Å²) in [7, 11) is 0. The summed E-state index contributed by atoms with van der Waals surface area (Å²) in [5.41, 5.74) is 9.33. The van der Waals surface area contributed by atoms with Crippen LogP contribution < -0.4 is 24.7 Å². The van der Waals surface area contributed by atoms with Crippen LogP contribution >= 0.6 is 31.9 Å². The molecule has 2 heterocycles. The molecule has 2 fully saturated rings. The Morgan fingerprint density at radius 2 is 1.17 bits per heavy atom. The van der Waals surface area contributed by atoms with Crippen molar-refractivity contribution in [3.8, 4) is 22.6 Å². The van der Waals surface area contributed by atoms with Crippen molar-refractivity contribution in [1.82, 2.24) is 0 Å². The Labute approximate surface area is 257 Å². The SMILES string of the molecule is Brc1cc2c(cc1OCC[NH+]1CCOCC1)C(=NNc1ccccc1)c1cc(OCC[NH+]3CCOCC3)c(Br)cc1-2. The lowest BCUT2D eigenvalue weighted by molar-refractivity contribution is -0.908. The summed E-state index contributed by atoms with van der Waals surface area (Å²) in [4.78, 5) is 3.03. The van der Waals surface area contributed by atoms with E-state index in [1.165, 1.54) is 9.80 Å². The van der Waals surface area contributed by atoms with Crippen molar-refractivity contribution in [1.29, 1.82) is 0 Å². The van der Waals surface area contributed by atoms with Crippen LogP contribution in [0.3, 0.4) is 0 Å². The number of nitrogens with zero attached hydrogens (tertiary/aromatic N) is 1. The Hall–Kier alpha value is -2.47. The van der Waals surface area contributed by atoms with Crippen LogP contribution in [0.5, 0.6) is 11.5 Å².